The first-order chi connectivity index (χ1) is 9.81. The third kappa shape index (κ3) is 5.13. The van der Waals surface area contributed by atoms with E-state index >= 15 is 0 Å². The summed E-state index contributed by atoms with van der Waals surface area (Å²) in [5.74, 6) is -2.09. The van der Waals surface area contributed by atoms with Crippen LogP contribution in [0.2, 0.25) is 0 Å². The zero-order valence-electron chi connectivity index (χ0n) is 11.8. The zero-order chi connectivity index (χ0) is 16.0. The fourth-order valence-electron chi connectivity index (χ4n) is 1.66. The van der Waals surface area contributed by atoms with E-state index in [4.69, 9.17) is 15.6 Å². The SMILES string of the molecule is CC(C)C(NC(=O)c1cccc(OCC(=O)O)c1)C(N)=O. The van der Waals surface area contributed by atoms with Gasteiger partial charge in [-0.3, -0.25) is 9.59 Å². The highest BCUT2D eigenvalue weighted by atomic mass is 16.5. The summed E-state index contributed by atoms with van der Waals surface area (Å²) in [5, 5.41) is 11.1. The number of nitrogens with one attached hydrogen (secondary N) is 1. The number of nitrogens with two attached hydrogens (primary N) is 1. The number of aliphatic carboxylic acids is 1. The Labute approximate surface area is 122 Å². The van der Waals surface area contributed by atoms with Crippen molar-refractivity contribution in [3.05, 3.63) is 29.8 Å². The molecule has 0 aliphatic carbocycles. The second kappa shape index (κ2) is 7.28. The zero-order valence-corrected chi connectivity index (χ0v) is 11.8. The van der Waals surface area contributed by atoms with E-state index < -0.39 is 30.4 Å². The molecule has 21 heavy (non-hydrogen) atoms. The molecule has 0 aliphatic heterocycles. The van der Waals surface area contributed by atoms with Crippen molar-refractivity contribution in [1.82, 2.24) is 5.32 Å². The molecule has 0 saturated heterocycles. The summed E-state index contributed by atoms with van der Waals surface area (Å²) < 4.78 is 4.99. The minimum absolute atomic E-state index is 0.141. The molecule has 1 atom stereocenters. The lowest BCUT2D eigenvalue weighted by molar-refractivity contribution is -0.139. The van der Waals surface area contributed by atoms with Crippen LogP contribution in [0.5, 0.6) is 5.75 Å². The number of carboxylic acids is 1. The summed E-state index contributed by atoms with van der Waals surface area (Å²) in [6.45, 7) is 3.03. The number of carbonyl (C=O) groups excluding carboxylic acids is 2. The van der Waals surface area contributed by atoms with Gasteiger partial charge in [0.25, 0.3) is 5.91 Å². The fraction of sp³-hybridized carbons (Fsp3) is 0.357. The van der Waals surface area contributed by atoms with Gasteiger partial charge in [0.05, 0.1) is 0 Å². The maximum Gasteiger partial charge on any atom is 0.341 e. The Morgan fingerprint density at radius 1 is 1.33 bits per heavy atom. The molecule has 0 saturated carbocycles. The fourth-order valence-corrected chi connectivity index (χ4v) is 1.66. The Bertz CT molecular complexity index is 542. The highest BCUT2D eigenvalue weighted by molar-refractivity contribution is 5.97. The van der Waals surface area contributed by atoms with Gasteiger partial charge in [0, 0.05) is 5.56 Å². The number of amides is 2. The van der Waals surface area contributed by atoms with Crippen molar-refractivity contribution in [1.29, 1.82) is 0 Å². The van der Waals surface area contributed by atoms with Crippen molar-refractivity contribution in [2.24, 2.45) is 11.7 Å². The first kappa shape index (κ1) is 16.5. The highest BCUT2D eigenvalue weighted by Gasteiger charge is 2.22. The summed E-state index contributed by atoms with van der Waals surface area (Å²) in [6, 6.07) is 5.24. The minimum Gasteiger partial charge on any atom is -0.482 e. The number of hydrogen-bond acceptors (Lipinski definition) is 4. The summed E-state index contributed by atoms with van der Waals surface area (Å²) in [5.41, 5.74) is 5.49. The van der Waals surface area contributed by atoms with Gasteiger partial charge < -0.3 is 20.9 Å². The predicted octanol–water partition coefficient (Wildman–Crippen LogP) is 0.390. The van der Waals surface area contributed by atoms with Crippen molar-refractivity contribution in [2.45, 2.75) is 19.9 Å². The Morgan fingerprint density at radius 2 is 2.00 bits per heavy atom. The Kier molecular flexibility index (Phi) is 5.71. The lowest BCUT2D eigenvalue weighted by atomic mass is 10.0. The number of carboxylic acid groups (broad SMARTS) is 1. The molecular weight excluding hydrogens is 276 g/mol. The standard InChI is InChI=1S/C14H18N2O5/c1-8(2)12(13(15)19)16-14(20)9-4-3-5-10(6-9)21-7-11(17)18/h3-6,8,12H,7H2,1-2H3,(H2,15,19)(H,16,20)(H,17,18). The van der Waals surface area contributed by atoms with Crippen LogP contribution in [0, 0.1) is 5.92 Å². The lowest BCUT2D eigenvalue weighted by Crippen LogP contribution is -2.47. The quantitative estimate of drug-likeness (QED) is 0.672. The van der Waals surface area contributed by atoms with Crippen LogP contribution in [0.1, 0.15) is 24.2 Å². The van der Waals surface area contributed by atoms with Gasteiger partial charge in [-0.1, -0.05) is 19.9 Å². The molecular formula is C14H18N2O5. The van der Waals surface area contributed by atoms with E-state index in [2.05, 4.69) is 5.32 Å². The van der Waals surface area contributed by atoms with Gasteiger partial charge in [0.2, 0.25) is 5.91 Å². The van der Waals surface area contributed by atoms with Crippen LogP contribution in [-0.4, -0.2) is 35.5 Å². The molecule has 4 N–H and O–H groups in total. The number of hydrogen-bond donors (Lipinski definition) is 3. The molecule has 0 bridgehead atoms. The molecule has 1 aromatic rings. The van der Waals surface area contributed by atoms with E-state index in [0.717, 1.165) is 0 Å². The number of rotatable bonds is 7. The van der Waals surface area contributed by atoms with Crippen molar-refractivity contribution in [3.63, 3.8) is 0 Å². The van der Waals surface area contributed by atoms with Crippen LogP contribution in [0.15, 0.2) is 24.3 Å². The van der Waals surface area contributed by atoms with E-state index in [1.165, 1.54) is 18.2 Å². The van der Waals surface area contributed by atoms with Gasteiger partial charge >= 0.3 is 5.97 Å². The van der Waals surface area contributed by atoms with Gasteiger partial charge in [0.1, 0.15) is 11.8 Å². The molecule has 0 radical (unpaired) electrons. The smallest absolute Gasteiger partial charge is 0.341 e. The number of carbonyl (C=O) groups is 3. The Balaban J connectivity index is 2.80. The van der Waals surface area contributed by atoms with Crippen molar-refractivity contribution in [2.75, 3.05) is 6.61 Å². The summed E-state index contributed by atoms with van der Waals surface area (Å²) in [4.78, 5) is 33.8. The number of primary amides is 1. The first-order valence-electron chi connectivity index (χ1n) is 6.36. The molecule has 0 aromatic heterocycles. The van der Waals surface area contributed by atoms with Gasteiger partial charge in [-0.05, 0) is 24.1 Å². The predicted molar refractivity (Wildman–Crippen MR) is 74.9 cm³/mol. The van der Waals surface area contributed by atoms with Gasteiger partial charge in [-0.25, -0.2) is 4.79 Å². The summed E-state index contributed by atoms with van der Waals surface area (Å²) in [6.07, 6.45) is 0. The topological polar surface area (TPSA) is 119 Å². The molecule has 114 valence electrons. The first-order valence-corrected chi connectivity index (χ1v) is 6.36. The Hall–Kier alpha value is -2.57. The minimum atomic E-state index is -1.11. The summed E-state index contributed by atoms with van der Waals surface area (Å²) in [7, 11) is 0. The maximum absolute atomic E-state index is 12.1. The molecule has 0 fully saturated rings. The van der Waals surface area contributed by atoms with Crippen LogP contribution in [0.4, 0.5) is 0 Å². The third-order valence-corrected chi connectivity index (χ3v) is 2.72. The van der Waals surface area contributed by atoms with Crippen LogP contribution in [0.3, 0.4) is 0 Å². The lowest BCUT2D eigenvalue weighted by Gasteiger charge is -2.19. The largest absolute Gasteiger partial charge is 0.482 e. The van der Waals surface area contributed by atoms with E-state index in [1.54, 1.807) is 19.9 Å². The van der Waals surface area contributed by atoms with E-state index in [0.29, 0.717) is 0 Å². The number of ether oxygens (including phenoxy) is 1. The van der Waals surface area contributed by atoms with Gasteiger partial charge in [-0.15, -0.1) is 0 Å². The van der Waals surface area contributed by atoms with Crippen LogP contribution < -0.4 is 15.8 Å². The van der Waals surface area contributed by atoms with Crippen molar-refractivity contribution in [3.8, 4) is 5.75 Å². The monoisotopic (exact) mass is 294 g/mol. The average molecular weight is 294 g/mol. The molecule has 1 unspecified atom stereocenters. The third-order valence-electron chi connectivity index (χ3n) is 2.72. The molecule has 1 rings (SSSR count). The van der Waals surface area contributed by atoms with E-state index in [-0.39, 0.29) is 17.2 Å². The molecule has 0 heterocycles. The number of benzene rings is 1. The molecule has 7 nitrogen and oxygen atoms in total. The Morgan fingerprint density at radius 3 is 2.52 bits per heavy atom. The van der Waals surface area contributed by atoms with Crippen LogP contribution in [-0.2, 0) is 9.59 Å². The average Bonchev–Trinajstić information content (AvgIpc) is 2.41. The second-order valence-electron chi connectivity index (χ2n) is 4.81. The maximum atomic E-state index is 12.1. The van der Waals surface area contributed by atoms with Gasteiger partial charge in [0.15, 0.2) is 6.61 Å². The highest BCUT2D eigenvalue weighted by Crippen LogP contribution is 2.14. The van der Waals surface area contributed by atoms with Crippen molar-refractivity contribution < 1.29 is 24.2 Å². The molecule has 0 aliphatic rings. The molecule has 0 spiro atoms. The van der Waals surface area contributed by atoms with Crippen molar-refractivity contribution >= 4 is 17.8 Å². The van der Waals surface area contributed by atoms with E-state index in [1.807, 2.05) is 0 Å². The summed E-state index contributed by atoms with van der Waals surface area (Å²) >= 11 is 0. The van der Waals surface area contributed by atoms with E-state index in [9.17, 15) is 14.4 Å². The van der Waals surface area contributed by atoms with Crippen LogP contribution >= 0.6 is 0 Å². The normalized spacial score (nSPS) is 11.8. The molecule has 2 amide bonds. The van der Waals surface area contributed by atoms with Crippen LogP contribution in [0.25, 0.3) is 0 Å². The molecule has 7 heteroatoms. The second-order valence-corrected chi connectivity index (χ2v) is 4.81. The molecule has 1 aromatic carbocycles. The van der Waals surface area contributed by atoms with Gasteiger partial charge in [-0.2, -0.15) is 0 Å².